The van der Waals surface area contributed by atoms with Gasteiger partial charge in [0.2, 0.25) is 0 Å². The first kappa shape index (κ1) is 15.5. The second kappa shape index (κ2) is 6.55. The molecule has 1 unspecified atom stereocenters. The van der Waals surface area contributed by atoms with E-state index in [-0.39, 0.29) is 12.0 Å². The molecule has 0 bridgehead atoms. The van der Waals surface area contributed by atoms with Gasteiger partial charge in [0.25, 0.3) is 0 Å². The Kier molecular flexibility index (Phi) is 5.64. The van der Waals surface area contributed by atoms with Crippen molar-refractivity contribution in [3.63, 3.8) is 0 Å². The van der Waals surface area contributed by atoms with Gasteiger partial charge in [0.05, 0.1) is 0 Å². The van der Waals surface area contributed by atoms with E-state index in [1.165, 1.54) is 25.7 Å². The van der Waals surface area contributed by atoms with E-state index in [4.69, 9.17) is 4.74 Å². The molecule has 0 aromatic rings. The lowest BCUT2D eigenvalue weighted by Crippen LogP contribution is -2.41. The summed E-state index contributed by atoms with van der Waals surface area (Å²) in [5.41, 5.74) is -0.396. The molecule has 0 aromatic heterocycles. The van der Waals surface area contributed by atoms with Crippen LogP contribution in [0.5, 0.6) is 0 Å². The van der Waals surface area contributed by atoms with Crippen LogP contribution in [-0.4, -0.2) is 24.2 Å². The van der Waals surface area contributed by atoms with Gasteiger partial charge in [-0.2, -0.15) is 0 Å². The Balaban J connectivity index is 2.24. The summed E-state index contributed by atoms with van der Waals surface area (Å²) in [5, 5.41) is 3.31. The van der Waals surface area contributed by atoms with Crippen LogP contribution in [0.3, 0.4) is 0 Å². The summed E-state index contributed by atoms with van der Waals surface area (Å²) in [4.78, 5) is 11.8. The molecule has 3 heteroatoms. The van der Waals surface area contributed by atoms with Crippen molar-refractivity contribution in [3.8, 4) is 0 Å². The predicted octanol–water partition coefficient (Wildman–Crippen LogP) is 3.13. The molecule has 3 nitrogen and oxygen atoms in total. The average Bonchev–Trinajstić information content (AvgIpc) is 2.25. The first-order chi connectivity index (χ1) is 8.28. The van der Waals surface area contributed by atoms with Crippen LogP contribution in [0.15, 0.2) is 0 Å². The van der Waals surface area contributed by atoms with Crippen molar-refractivity contribution < 1.29 is 9.53 Å². The average molecular weight is 255 g/mol. The molecule has 0 aromatic carbocycles. The van der Waals surface area contributed by atoms with Gasteiger partial charge in [-0.15, -0.1) is 0 Å². The topological polar surface area (TPSA) is 38.3 Å². The minimum atomic E-state index is -0.396. The van der Waals surface area contributed by atoms with Crippen LogP contribution in [0.1, 0.15) is 60.3 Å². The molecule has 1 fully saturated rings. The van der Waals surface area contributed by atoms with Gasteiger partial charge in [0.15, 0.2) is 0 Å². The van der Waals surface area contributed by atoms with Crippen molar-refractivity contribution in [2.75, 3.05) is 6.54 Å². The minimum absolute atomic E-state index is 0.147. The van der Waals surface area contributed by atoms with Crippen LogP contribution in [-0.2, 0) is 9.53 Å². The van der Waals surface area contributed by atoms with E-state index in [9.17, 15) is 4.79 Å². The summed E-state index contributed by atoms with van der Waals surface area (Å²) in [5.74, 6) is 1.46. The third kappa shape index (κ3) is 5.85. The van der Waals surface area contributed by atoms with Crippen molar-refractivity contribution in [2.45, 2.75) is 71.9 Å². The molecule has 1 aliphatic rings. The summed E-state index contributed by atoms with van der Waals surface area (Å²) >= 11 is 0. The third-order valence-corrected chi connectivity index (χ3v) is 3.61. The number of carbonyl (C=O) groups excluding carboxylic acids is 1. The van der Waals surface area contributed by atoms with E-state index in [0.29, 0.717) is 0 Å². The fourth-order valence-electron chi connectivity index (χ4n) is 2.35. The molecular weight excluding hydrogens is 226 g/mol. The molecule has 18 heavy (non-hydrogen) atoms. The quantitative estimate of drug-likeness (QED) is 0.784. The van der Waals surface area contributed by atoms with Crippen molar-refractivity contribution in [1.82, 2.24) is 5.32 Å². The number of nitrogens with one attached hydrogen (secondary N) is 1. The second-order valence-corrected chi connectivity index (χ2v) is 6.79. The maximum Gasteiger partial charge on any atom is 0.323 e. The normalized spacial score (nSPS) is 26.7. The van der Waals surface area contributed by atoms with Crippen LogP contribution < -0.4 is 5.32 Å². The fraction of sp³-hybridized carbons (Fsp3) is 0.933. The van der Waals surface area contributed by atoms with Gasteiger partial charge in [-0.1, -0.05) is 19.8 Å². The van der Waals surface area contributed by atoms with E-state index in [1.54, 1.807) is 0 Å². The molecule has 1 rings (SSSR count). The number of rotatable bonds is 4. The Labute approximate surface area is 112 Å². The zero-order valence-electron chi connectivity index (χ0n) is 12.6. The van der Waals surface area contributed by atoms with E-state index < -0.39 is 5.60 Å². The number of carbonyl (C=O) groups is 1. The third-order valence-electron chi connectivity index (χ3n) is 3.61. The summed E-state index contributed by atoms with van der Waals surface area (Å²) in [7, 11) is 0. The van der Waals surface area contributed by atoms with Gasteiger partial charge in [-0.25, -0.2) is 0 Å². The maximum absolute atomic E-state index is 11.8. The zero-order chi connectivity index (χ0) is 13.8. The Bertz CT molecular complexity index is 262. The van der Waals surface area contributed by atoms with Crippen LogP contribution in [0.2, 0.25) is 0 Å². The van der Waals surface area contributed by atoms with Gasteiger partial charge in [-0.05, 0) is 58.9 Å². The van der Waals surface area contributed by atoms with Gasteiger partial charge < -0.3 is 10.1 Å². The Morgan fingerprint density at radius 3 is 2.33 bits per heavy atom. The predicted molar refractivity (Wildman–Crippen MR) is 74.4 cm³/mol. The second-order valence-electron chi connectivity index (χ2n) is 6.79. The van der Waals surface area contributed by atoms with E-state index >= 15 is 0 Å². The van der Waals surface area contributed by atoms with Gasteiger partial charge >= 0.3 is 5.97 Å². The smallest absolute Gasteiger partial charge is 0.323 e. The maximum atomic E-state index is 11.8. The lowest BCUT2D eigenvalue weighted by atomic mass is 9.83. The highest BCUT2D eigenvalue weighted by atomic mass is 16.6. The zero-order valence-corrected chi connectivity index (χ0v) is 12.6. The lowest BCUT2D eigenvalue weighted by molar-refractivity contribution is -0.157. The van der Waals surface area contributed by atoms with Crippen LogP contribution >= 0.6 is 0 Å². The number of ether oxygens (including phenoxy) is 1. The first-order valence-corrected chi connectivity index (χ1v) is 7.24. The molecule has 1 aliphatic carbocycles. The van der Waals surface area contributed by atoms with Crippen molar-refractivity contribution in [3.05, 3.63) is 0 Å². The Morgan fingerprint density at radius 1 is 1.28 bits per heavy atom. The standard InChI is InChI=1S/C15H29NO2/c1-11-6-8-13(9-7-11)10-16-12(2)14(17)18-15(3,4)5/h11-13,16H,6-10H2,1-5H3. The SMILES string of the molecule is CC1CCC(CNC(C)C(=O)OC(C)(C)C)CC1. The van der Waals surface area contributed by atoms with Crippen molar-refractivity contribution in [2.24, 2.45) is 11.8 Å². The van der Waals surface area contributed by atoms with Crippen molar-refractivity contribution in [1.29, 1.82) is 0 Å². The summed E-state index contributed by atoms with van der Waals surface area (Å²) in [6, 6.07) is -0.205. The minimum Gasteiger partial charge on any atom is -0.459 e. The Morgan fingerprint density at radius 2 is 1.83 bits per heavy atom. The lowest BCUT2D eigenvalue weighted by Gasteiger charge is -2.28. The van der Waals surface area contributed by atoms with Crippen LogP contribution in [0.4, 0.5) is 0 Å². The van der Waals surface area contributed by atoms with Gasteiger partial charge in [0, 0.05) is 0 Å². The molecule has 0 spiro atoms. The number of esters is 1. The highest BCUT2D eigenvalue weighted by molar-refractivity contribution is 5.75. The van der Waals surface area contributed by atoms with E-state index in [2.05, 4.69) is 12.2 Å². The monoisotopic (exact) mass is 255 g/mol. The van der Waals surface area contributed by atoms with Gasteiger partial charge in [-0.3, -0.25) is 4.79 Å². The molecule has 0 heterocycles. The molecule has 0 aliphatic heterocycles. The highest BCUT2D eigenvalue weighted by Crippen LogP contribution is 2.27. The molecule has 1 saturated carbocycles. The summed E-state index contributed by atoms with van der Waals surface area (Å²) in [6.45, 7) is 10.9. The van der Waals surface area contributed by atoms with E-state index in [1.807, 2.05) is 27.7 Å². The summed E-state index contributed by atoms with van der Waals surface area (Å²) < 4.78 is 5.36. The molecule has 0 saturated heterocycles. The molecule has 1 N–H and O–H groups in total. The molecule has 1 atom stereocenters. The molecule has 0 amide bonds. The number of hydrogen-bond donors (Lipinski definition) is 1. The largest absolute Gasteiger partial charge is 0.459 e. The first-order valence-electron chi connectivity index (χ1n) is 7.24. The van der Waals surface area contributed by atoms with E-state index in [0.717, 1.165) is 18.4 Å². The molecular formula is C15H29NO2. The highest BCUT2D eigenvalue weighted by Gasteiger charge is 2.23. The molecule has 106 valence electrons. The Hall–Kier alpha value is -0.570. The fourth-order valence-corrected chi connectivity index (χ4v) is 2.35. The number of hydrogen-bond acceptors (Lipinski definition) is 3. The van der Waals surface area contributed by atoms with Crippen LogP contribution in [0, 0.1) is 11.8 Å². The van der Waals surface area contributed by atoms with Crippen LogP contribution in [0.25, 0.3) is 0 Å². The van der Waals surface area contributed by atoms with Gasteiger partial charge in [0.1, 0.15) is 11.6 Å². The molecule has 0 radical (unpaired) electrons. The summed E-state index contributed by atoms with van der Waals surface area (Å²) in [6.07, 6.45) is 5.23. The van der Waals surface area contributed by atoms with Crippen molar-refractivity contribution >= 4 is 5.97 Å².